The molecule has 0 heterocycles. The summed E-state index contributed by atoms with van der Waals surface area (Å²) in [4.78, 5) is 13.5. The number of carbonyl (C=O) groups is 1. The lowest BCUT2D eigenvalue weighted by Gasteiger charge is -2.01. The summed E-state index contributed by atoms with van der Waals surface area (Å²) in [7, 11) is 5.49. The van der Waals surface area contributed by atoms with E-state index in [9.17, 15) is 4.79 Å². The molecule has 0 N–H and O–H groups in total. The predicted octanol–water partition coefficient (Wildman–Crippen LogP) is 1.24. The molecule has 0 spiro atoms. The first-order valence-electron chi connectivity index (χ1n) is 3.60. The van der Waals surface area contributed by atoms with Crippen LogP contribution in [0.5, 0.6) is 0 Å². The molecular formula is C8H6BN3O. The zero-order valence-electron chi connectivity index (χ0n) is 7.06. The van der Waals surface area contributed by atoms with Crippen LogP contribution in [0, 0.1) is 6.92 Å². The highest BCUT2D eigenvalue weighted by Gasteiger charge is 2.05. The molecule has 0 fully saturated rings. The number of nitrogens with zero attached hydrogens (tertiary/aromatic N) is 3. The topological polar surface area (TPSA) is 65.8 Å². The summed E-state index contributed by atoms with van der Waals surface area (Å²) in [5.41, 5.74) is 9.72. The van der Waals surface area contributed by atoms with Gasteiger partial charge < -0.3 is 0 Å². The third-order valence-corrected chi connectivity index (χ3v) is 1.62. The van der Waals surface area contributed by atoms with Gasteiger partial charge in [0.25, 0.3) is 0 Å². The van der Waals surface area contributed by atoms with E-state index in [0.29, 0.717) is 16.6 Å². The largest absolute Gasteiger partial charge is 0.287 e. The first-order valence-corrected chi connectivity index (χ1v) is 3.60. The number of rotatable bonds is 1. The molecule has 5 heteroatoms. The molecule has 1 aromatic rings. The van der Waals surface area contributed by atoms with Crippen LogP contribution in [-0.4, -0.2) is 13.8 Å². The van der Waals surface area contributed by atoms with Gasteiger partial charge in [-0.15, -0.1) is 0 Å². The fraction of sp³-hybridized carbons (Fsp3) is 0.125. The lowest BCUT2D eigenvalue weighted by Crippen LogP contribution is -2.06. The normalized spacial score (nSPS) is 9.00. The first kappa shape index (κ1) is 9.35. The van der Waals surface area contributed by atoms with Crippen LogP contribution in [0.4, 0.5) is 0 Å². The Kier molecular flexibility index (Phi) is 2.72. The van der Waals surface area contributed by atoms with Crippen molar-refractivity contribution in [1.82, 2.24) is 0 Å². The molecule has 0 saturated heterocycles. The number of hydrogen-bond acceptors (Lipinski definition) is 1. The van der Waals surface area contributed by atoms with Gasteiger partial charge in [-0.1, -0.05) is 23.7 Å². The van der Waals surface area contributed by atoms with Crippen LogP contribution < -0.4 is 5.46 Å². The number of benzene rings is 1. The number of amides is 1. The maximum absolute atomic E-state index is 11.1. The zero-order valence-corrected chi connectivity index (χ0v) is 7.06. The Labute approximate surface area is 76.6 Å². The summed E-state index contributed by atoms with van der Waals surface area (Å²) in [6.45, 7) is 1.73. The van der Waals surface area contributed by atoms with Gasteiger partial charge in [0, 0.05) is 10.5 Å². The zero-order chi connectivity index (χ0) is 9.84. The molecule has 0 aliphatic carbocycles. The Morgan fingerprint density at radius 3 is 2.85 bits per heavy atom. The molecule has 1 amide bonds. The van der Waals surface area contributed by atoms with Crippen LogP contribution in [0.1, 0.15) is 15.9 Å². The van der Waals surface area contributed by atoms with Gasteiger partial charge in [0.1, 0.15) is 7.85 Å². The molecule has 1 aromatic carbocycles. The number of carbonyl (C=O) groups excluding carboxylic acids is 1. The van der Waals surface area contributed by atoms with Crippen molar-refractivity contribution in [2.24, 2.45) is 5.11 Å². The highest BCUT2D eigenvalue weighted by atomic mass is 16.1. The highest BCUT2D eigenvalue weighted by Crippen LogP contribution is 2.06. The van der Waals surface area contributed by atoms with E-state index in [1.807, 2.05) is 0 Å². The monoisotopic (exact) mass is 171 g/mol. The van der Waals surface area contributed by atoms with Gasteiger partial charge in [-0.05, 0) is 23.1 Å². The van der Waals surface area contributed by atoms with E-state index in [-0.39, 0.29) is 0 Å². The molecule has 0 saturated carbocycles. The van der Waals surface area contributed by atoms with Gasteiger partial charge in [-0.3, -0.25) is 4.79 Å². The Morgan fingerprint density at radius 2 is 2.31 bits per heavy atom. The summed E-state index contributed by atoms with van der Waals surface area (Å²) in [6, 6.07) is 4.79. The van der Waals surface area contributed by atoms with E-state index in [2.05, 4.69) is 10.0 Å². The number of azide groups is 1. The summed E-state index contributed by atoms with van der Waals surface area (Å²) >= 11 is 0. The Hall–Kier alpha value is -1.74. The van der Waals surface area contributed by atoms with E-state index >= 15 is 0 Å². The van der Waals surface area contributed by atoms with Gasteiger partial charge >= 0.3 is 0 Å². The van der Waals surface area contributed by atoms with Gasteiger partial charge in [-0.25, -0.2) is 0 Å². The average Bonchev–Trinajstić information content (AvgIpc) is 2.04. The summed E-state index contributed by atoms with van der Waals surface area (Å²) in [6.07, 6.45) is 0. The first-order chi connectivity index (χ1) is 6.15. The molecule has 0 aliphatic rings. The van der Waals surface area contributed by atoms with Crippen molar-refractivity contribution in [3.05, 3.63) is 39.8 Å². The minimum Gasteiger partial charge on any atom is -0.287 e. The maximum atomic E-state index is 11.1. The van der Waals surface area contributed by atoms with E-state index in [1.165, 1.54) is 0 Å². The third kappa shape index (κ3) is 2.10. The van der Waals surface area contributed by atoms with Crippen LogP contribution in [0.15, 0.2) is 23.3 Å². The Balaban J connectivity index is 3.16. The minimum atomic E-state index is -0.583. The molecule has 13 heavy (non-hydrogen) atoms. The number of hydrogen-bond donors (Lipinski definition) is 0. The fourth-order valence-corrected chi connectivity index (χ4v) is 1.02. The third-order valence-electron chi connectivity index (χ3n) is 1.62. The molecule has 62 valence electrons. The average molecular weight is 171 g/mol. The van der Waals surface area contributed by atoms with Crippen LogP contribution in [0.3, 0.4) is 0 Å². The van der Waals surface area contributed by atoms with Crippen molar-refractivity contribution >= 4 is 19.2 Å². The molecule has 0 unspecified atom stereocenters. The van der Waals surface area contributed by atoms with Gasteiger partial charge in [0.15, 0.2) is 0 Å². The van der Waals surface area contributed by atoms with Crippen molar-refractivity contribution < 1.29 is 4.79 Å². The second-order valence-corrected chi connectivity index (χ2v) is 2.57. The fourth-order valence-electron chi connectivity index (χ4n) is 1.02. The SMILES string of the molecule is [B]c1ccc(C(=O)N=[N+]=[N-])c(C)c1. The van der Waals surface area contributed by atoms with E-state index < -0.39 is 5.91 Å². The molecule has 0 bridgehead atoms. The number of aryl methyl sites for hydroxylation is 1. The molecule has 2 radical (unpaired) electrons. The maximum Gasteiger partial charge on any atom is 0.249 e. The van der Waals surface area contributed by atoms with Gasteiger partial charge in [0.05, 0.1) is 0 Å². The quantitative estimate of drug-likeness (QED) is 0.271. The van der Waals surface area contributed by atoms with Crippen molar-refractivity contribution in [1.29, 1.82) is 0 Å². The van der Waals surface area contributed by atoms with Crippen LogP contribution in [0.25, 0.3) is 10.4 Å². The molecule has 1 rings (SSSR count). The molecule has 0 atom stereocenters. The van der Waals surface area contributed by atoms with Crippen molar-refractivity contribution in [2.75, 3.05) is 0 Å². The van der Waals surface area contributed by atoms with E-state index in [0.717, 1.165) is 0 Å². The lowest BCUT2D eigenvalue weighted by atomic mass is 9.92. The summed E-state index contributed by atoms with van der Waals surface area (Å²) < 4.78 is 0. The van der Waals surface area contributed by atoms with Crippen LogP contribution in [-0.2, 0) is 0 Å². The molecular weight excluding hydrogens is 165 g/mol. The Morgan fingerprint density at radius 1 is 1.62 bits per heavy atom. The lowest BCUT2D eigenvalue weighted by molar-refractivity contribution is 0.1000. The molecule has 0 aliphatic heterocycles. The van der Waals surface area contributed by atoms with Crippen molar-refractivity contribution in [3.63, 3.8) is 0 Å². The van der Waals surface area contributed by atoms with Gasteiger partial charge in [0.2, 0.25) is 5.91 Å². The van der Waals surface area contributed by atoms with Crippen LogP contribution in [0.2, 0.25) is 0 Å². The minimum absolute atomic E-state index is 0.381. The standard InChI is InChI=1S/C8H6BN3O/c1-5-4-6(9)2-3-7(5)8(13)11-12-10/h2-4H,1H3. The van der Waals surface area contributed by atoms with Crippen molar-refractivity contribution in [2.45, 2.75) is 6.92 Å². The van der Waals surface area contributed by atoms with Crippen LogP contribution >= 0.6 is 0 Å². The predicted molar refractivity (Wildman–Crippen MR) is 50.0 cm³/mol. The summed E-state index contributed by atoms with van der Waals surface area (Å²) in [5.74, 6) is -0.583. The molecule has 4 nitrogen and oxygen atoms in total. The summed E-state index contributed by atoms with van der Waals surface area (Å²) in [5, 5.41) is 2.99. The van der Waals surface area contributed by atoms with Crippen molar-refractivity contribution in [3.8, 4) is 0 Å². The highest BCUT2D eigenvalue weighted by molar-refractivity contribution is 6.32. The second-order valence-electron chi connectivity index (χ2n) is 2.57. The van der Waals surface area contributed by atoms with E-state index in [4.69, 9.17) is 13.4 Å². The smallest absolute Gasteiger partial charge is 0.249 e. The Bertz CT molecular complexity index is 396. The molecule has 0 aromatic heterocycles. The van der Waals surface area contributed by atoms with Gasteiger partial charge in [-0.2, -0.15) is 0 Å². The second kappa shape index (κ2) is 3.78. The van der Waals surface area contributed by atoms with E-state index in [1.54, 1.807) is 25.1 Å².